The number of rotatable bonds is 3. The molecular weight excluding hydrogens is 143 g/mol. The van der Waals surface area contributed by atoms with Crippen LogP contribution in [0.2, 0.25) is 0 Å². The van der Waals surface area contributed by atoms with E-state index in [4.69, 9.17) is 0 Å². The van der Waals surface area contributed by atoms with E-state index in [2.05, 4.69) is 20.8 Å². The molecule has 53 valence electrons. The Morgan fingerprint density at radius 1 is 0.889 bits per heavy atom. The van der Waals surface area contributed by atoms with Crippen molar-refractivity contribution in [3.05, 3.63) is 0 Å². The summed E-state index contributed by atoms with van der Waals surface area (Å²) in [5, 5.41) is 0. The molecule has 0 rings (SSSR count). The smallest absolute Gasteiger partial charge is 0.105 e. The fourth-order valence-corrected chi connectivity index (χ4v) is 1.84. The second-order valence-electron chi connectivity index (χ2n) is 1.48. The van der Waals surface area contributed by atoms with Crippen LogP contribution < -0.4 is 0 Å². The van der Waals surface area contributed by atoms with Crippen LogP contribution >= 0.6 is 0 Å². The summed E-state index contributed by atoms with van der Waals surface area (Å²) >= 11 is 0. The fourth-order valence-electron chi connectivity index (χ4n) is 0.612. The maximum atomic E-state index is 2.27. The van der Waals surface area contributed by atoms with Crippen molar-refractivity contribution in [1.82, 2.24) is 0 Å². The van der Waals surface area contributed by atoms with Crippen LogP contribution in [0.4, 0.5) is 0 Å². The van der Waals surface area contributed by atoms with Crippen molar-refractivity contribution >= 4 is 40.5 Å². The van der Waals surface area contributed by atoms with E-state index in [1.165, 1.54) is 17.3 Å². The summed E-state index contributed by atoms with van der Waals surface area (Å²) in [7, 11) is 0.755. The Hall–Kier alpha value is 1.31. The van der Waals surface area contributed by atoms with Crippen molar-refractivity contribution in [3.63, 3.8) is 0 Å². The van der Waals surface area contributed by atoms with Crippen molar-refractivity contribution in [2.75, 3.05) is 17.3 Å². The molecule has 0 bridgehead atoms. The molecule has 0 saturated heterocycles. The Morgan fingerprint density at radius 3 is 1.11 bits per heavy atom. The molecule has 0 aliphatic rings. The summed E-state index contributed by atoms with van der Waals surface area (Å²) in [5.74, 6) is 4.15. The van der Waals surface area contributed by atoms with Gasteiger partial charge in [0.1, 0.15) is 17.3 Å². The first-order chi connectivity index (χ1) is 3.35. The van der Waals surface area contributed by atoms with E-state index in [0.29, 0.717) is 0 Å². The first kappa shape index (κ1) is 16.7. The van der Waals surface area contributed by atoms with Crippen molar-refractivity contribution in [2.45, 2.75) is 20.8 Å². The zero-order chi connectivity index (χ0) is 5.70. The molecule has 1 nitrogen and oxygen atoms in total. The summed E-state index contributed by atoms with van der Waals surface area (Å²) in [4.78, 5) is 0. The largest absolute Gasteiger partial charge is 0.870 e. The van der Waals surface area contributed by atoms with Crippen LogP contribution in [0.15, 0.2) is 0 Å². The molecule has 0 fully saturated rings. The topological polar surface area (TPSA) is 30.0 Å². The minimum absolute atomic E-state index is 0. The van der Waals surface area contributed by atoms with Crippen LogP contribution in [0.1, 0.15) is 20.8 Å². The summed E-state index contributed by atoms with van der Waals surface area (Å²) in [5.41, 5.74) is 0. The molecule has 0 atom stereocenters. The van der Waals surface area contributed by atoms with Crippen LogP contribution in [0, 0.1) is 0 Å². The maximum Gasteiger partial charge on any atom is 0.105 e. The van der Waals surface area contributed by atoms with Crippen LogP contribution in [0.25, 0.3) is 0 Å². The van der Waals surface area contributed by atoms with Crippen molar-refractivity contribution in [1.29, 1.82) is 0 Å². The average molecular weight is 159 g/mol. The summed E-state index contributed by atoms with van der Waals surface area (Å²) in [6, 6.07) is 0. The first-order valence-corrected chi connectivity index (χ1v) is 4.72. The Kier molecular flexibility index (Phi) is 22.4. The van der Waals surface area contributed by atoms with Gasteiger partial charge in [-0.3, -0.25) is 0 Å². The maximum absolute atomic E-state index is 2.27. The molecule has 0 unspecified atom stereocenters. The molecule has 0 aromatic rings. The van der Waals surface area contributed by atoms with Crippen molar-refractivity contribution in [2.24, 2.45) is 0 Å². The van der Waals surface area contributed by atoms with Gasteiger partial charge in [-0.05, 0) is 31.7 Å². The first-order valence-electron chi connectivity index (χ1n) is 2.99. The van der Waals surface area contributed by atoms with Gasteiger partial charge in [-0.15, -0.1) is 0 Å². The molecule has 0 aromatic carbocycles. The Labute approximate surface area is 83.5 Å². The zero-order valence-corrected chi connectivity index (χ0v) is 9.79. The van der Waals surface area contributed by atoms with Crippen molar-refractivity contribution in [3.8, 4) is 0 Å². The van der Waals surface area contributed by atoms with Gasteiger partial charge in [0.15, 0.2) is 0 Å². The Balaban J connectivity index is -0.000000180. The van der Waals surface area contributed by atoms with Gasteiger partial charge < -0.3 is 5.48 Å². The number of hydrogen-bond donors (Lipinski definition) is 0. The van der Waals surface area contributed by atoms with Gasteiger partial charge in [-0.25, -0.2) is 0 Å². The molecule has 1 N–H and O–H groups in total. The third-order valence-electron chi connectivity index (χ3n) is 1.22. The fraction of sp³-hybridized carbons (Fsp3) is 1.00. The molecule has 0 aliphatic heterocycles. The summed E-state index contributed by atoms with van der Waals surface area (Å²) in [6.07, 6.45) is 0. The zero-order valence-electron chi connectivity index (χ0n) is 6.98. The standard InChI is InChI=1S/C6H15S.Na.H2O/c1-4-7(5-2)6-3;;/h4-6H2,1-3H3;;1H2/q+1;;/p-1. The van der Waals surface area contributed by atoms with Crippen LogP contribution in [-0.4, -0.2) is 52.3 Å². The molecule has 9 heavy (non-hydrogen) atoms. The quantitative estimate of drug-likeness (QED) is 0.448. The van der Waals surface area contributed by atoms with Gasteiger partial charge in [0.05, 0.1) is 0 Å². The number of hydrogen-bond acceptors (Lipinski definition) is 1. The second-order valence-corrected chi connectivity index (χ2v) is 4.44. The van der Waals surface area contributed by atoms with Crippen LogP contribution in [0.5, 0.6) is 0 Å². The molecule has 0 saturated carbocycles. The molecular formula is C6H16NaOS. The minimum atomic E-state index is 0. The third-order valence-corrected chi connectivity index (χ3v) is 3.67. The molecule has 0 aliphatic carbocycles. The average Bonchev–Trinajstić information content (AvgIpc) is 1.72. The van der Waals surface area contributed by atoms with E-state index < -0.39 is 0 Å². The van der Waals surface area contributed by atoms with Gasteiger partial charge in [-0.1, -0.05) is 0 Å². The van der Waals surface area contributed by atoms with E-state index >= 15 is 0 Å². The molecule has 0 aromatic heterocycles. The minimum Gasteiger partial charge on any atom is -0.870 e. The van der Waals surface area contributed by atoms with Gasteiger partial charge in [0.25, 0.3) is 0 Å². The molecule has 3 heteroatoms. The van der Waals surface area contributed by atoms with Gasteiger partial charge in [0, 0.05) is 29.6 Å². The van der Waals surface area contributed by atoms with E-state index in [0.717, 1.165) is 10.9 Å². The van der Waals surface area contributed by atoms with Gasteiger partial charge >= 0.3 is 0 Å². The van der Waals surface area contributed by atoms with Crippen LogP contribution in [-0.2, 0) is 10.9 Å². The van der Waals surface area contributed by atoms with E-state index in [1.807, 2.05) is 0 Å². The van der Waals surface area contributed by atoms with E-state index in [1.54, 1.807) is 0 Å². The molecule has 0 heterocycles. The van der Waals surface area contributed by atoms with Gasteiger partial charge in [0.2, 0.25) is 0 Å². The van der Waals surface area contributed by atoms with E-state index in [-0.39, 0.29) is 35.0 Å². The summed E-state index contributed by atoms with van der Waals surface area (Å²) < 4.78 is 0. The van der Waals surface area contributed by atoms with Gasteiger partial charge in [-0.2, -0.15) is 0 Å². The van der Waals surface area contributed by atoms with Crippen molar-refractivity contribution < 1.29 is 5.48 Å². The molecule has 1 radical (unpaired) electrons. The Morgan fingerprint density at radius 2 is 1.11 bits per heavy atom. The molecule has 0 spiro atoms. The van der Waals surface area contributed by atoms with Crippen LogP contribution in [0.3, 0.4) is 0 Å². The SMILES string of the molecule is CC[S+](CC)CC.[Na].[OH-]. The summed E-state index contributed by atoms with van der Waals surface area (Å²) in [6.45, 7) is 6.82. The van der Waals surface area contributed by atoms with E-state index in [9.17, 15) is 0 Å². The normalized spacial score (nSPS) is 8.00. The Bertz CT molecular complexity index is 34.5. The second kappa shape index (κ2) is 12.0. The third kappa shape index (κ3) is 9.31. The monoisotopic (exact) mass is 159 g/mol. The molecule has 0 amide bonds. The predicted molar refractivity (Wildman–Crippen MR) is 46.7 cm³/mol. The predicted octanol–water partition coefficient (Wildman–Crippen LogP) is 1.11.